The Hall–Kier alpha value is -3.43. The first-order valence-electron chi connectivity index (χ1n) is 9.42. The second-order valence-electron chi connectivity index (χ2n) is 7.24. The van der Waals surface area contributed by atoms with Crippen molar-refractivity contribution >= 4 is 69.9 Å². The molecule has 4 aromatic carbocycles. The Labute approximate surface area is 164 Å². The molecule has 0 atom stereocenters. The van der Waals surface area contributed by atoms with Crippen LogP contribution in [0.5, 0.6) is 0 Å². The fourth-order valence-electron chi connectivity index (χ4n) is 4.59. The van der Waals surface area contributed by atoms with Gasteiger partial charge in [0, 0.05) is 30.9 Å². The molecule has 130 valence electrons. The summed E-state index contributed by atoms with van der Waals surface area (Å²) >= 11 is 1.86. The molecule has 0 amide bonds. The SMILES string of the molecule is c1ccc2c(c1)nc1c3ccccc3c3ccc4sc5ccccc5c4c3n21. The normalized spacial score (nSPS) is 12.3. The summed E-state index contributed by atoms with van der Waals surface area (Å²) in [5.41, 5.74) is 4.50. The van der Waals surface area contributed by atoms with Crippen LogP contribution in [0.2, 0.25) is 0 Å². The predicted molar refractivity (Wildman–Crippen MR) is 121 cm³/mol. The summed E-state index contributed by atoms with van der Waals surface area (Å²) in [6.45, 7) is 0. The predicted octanol–water partition coefficient (Wildman–Crippen LogP) is 7.16. The average molecular weight is 374 g/mol. The Bertz CT molecular complexity index is 1720. The van der Waals surface area contributed by atoms with Gasteiger partial charge in [0.2, 0.25) is 0 Å². The van der Waals surface area contributed by atoms with E-state index < -0.39 is 0 Å². The highest BCUT2D eigenvalue weighted by Gasteiger charge is 2.17. The lowest BCUT2D eigenvalue weighted by atomic mass is 10.0. The number of rotatable bonds is 0. The largest absolute Gasteiger partial charge is 0.291 e. The van der Waals surface area contributed by atoms with Crippen LogP contribution in [0.4, 0.5) is 0 Å². The summed E-state index contributed by atoms with van der Waals surface area (Å²) in [5.74, 6) is 0. The fraction of sp³-hybridized carbons (Fsp3) is 0. The molecule has 0 aliphatic carbocycles. The number of nitrogens with zero attached hydrogens (tertiary/aromatic N) is 2. The number of fused-ring (bicyclic) bond motifs is 12. The van der Waals surface area contributed by atoms with Crippen molar-refractivity contribution < 1.29 is 0 Å². The van der Waals surface area contributed by atoms with E-state index >= 15 is 0 Å². The zero-order chi connectivity index (χ0) is 18.2. The van der Waals surface area contributed by atoms with Crippen LogP contribution >= 0.6 is 11.3 Å². The standard InChI is InChI=1S/C25H14N2S/c1-2-8-17-15(7-1)16-13-14-22-23(18-9-3-6-12-21(18)28-22)24(16)27-20-11-5-4-10-19(20)26-25(17)27/h1-14H. The third-order valence-corrected chi connectivity index (χ3v) is 6.89. The minimum absolute atomic E-state index is 1.03. The van der Waals surface area contributed by atoms with Crippen LogP contribution in [0.1, 0.15) is 0 Å². The van der Waals surface area contributed by atoms with E-state index in [1.54, 1.807) is 0 Å². The summed E-state index contributed by atoms with van der Waals surface area (Å²) < 4.78 is 5.02. The molecule has 28 heavy (non-hydrogen) atoms. The number of aromatic nitrogens is 2. The molecule has 0 N–H and O–H groups in total. The summed E-state index contributed by atoms with van der Waals surface area (Å²) in [6, 6.07) is 30.4. The first-order chi connectivity index (χ1) is 13.9. The van der Waals surface area contributed by atoms with Crippen LogP contribution < -0.4 is 0 Å². The van der Waals surface area contributed by atoms with Crippen molar-refractivity contribution in [3.63, 3.8) is 0 Å². The van der Waals surface area contributed by atoms with E-state index in [2.05, 4.69) is 89.3 Å². The summed E-state index contributed by atoms with van der Waals surface area (Å²) in [7, 11) is 0. The van der Waals surface area contributed by atoms with Crippen molar-refractivity contribution in [2.24, 2.45) is 0 Å². The minimum atomic E-state index is 1.03. The lowest BCUT2D eigenvalue weighted by Crippen LogP contribution is -1.92. The molecule has 7 aromatic rings. The van der Waals surface area contributed by atoms with Crippen molar-refractivity contribution in [3.05, 3.63) is 84.9 Å². The third-order valence-electron chi connectivity index (χ3n) is 5.76. The second kappa shape index (κ2) is 5.09. The number of imidazole rings is 1. The van der Waals surface area contributed by atoms with E-state index in [4.69, 9.17) is 4.98 Å². The van der Waals surface area contributed by atoms with Crippen LogP contribution in [0.15, 0.2) is 84.9 Å². The molecule has 0 saturated heterocycles. The van der Waals surface area contributed by atoms with Gasteiger partial charge in [0.05, 0.1) is 16.6 Å². The highest BCUT2D eigenvalue weighted by molar-refractivity contribution is 7.26. The molecule has 0 aliphatic heterocycles. The monoisotopic (exact) mass is 374 g/mol. The first kappa shape index (κ1) is 14.6. The van der Waals surface area contributed by atoms with Gasteiger partial charge in [-0.15, -0.1) is 11.3 Å². The van der Waals surface area contributed by atoms with E-state index in [1.165, 1.54) is 41.8 Å². The van der Waals surface area contributed by atoms with Gasteiger partial charge in [-0.2, -0.15) is 0 Å². The van der Waals surface area contributed by atoms with Crippen LogP contribution in [0.25, 0.3) is 58.5 Å². The van der Waals surface area contributed by atoms with Crippen molar-refractivity contribution in [1.82, 2.24) is 9.38 Å². The Kier molecular flexibility index (Phi) is 2.65. The molecule has 0 spiro atoms. The van der Waals surface area contributed by atoms with Crippen LogP contribution in [0.3, 0.4) is 0 Å². The maximum Gasteiger partial charge on any atom is 0.146 e. The van der Waals surface area contributed by atoms with Gasteiger partial charge in [0.1, 0.15) is 5.65 Å². The quantitative estimate of drug-likeness (QED) is 0.257. The maximum atomic E-state index is 5.03. The van der Waals surface area contributed by atoms with Gasteiger partial charge in [-0.1, -0.05) is 60.7 Å². The van der Waals surface area contributed by atoms with Crippen molar-refractivity contribution in [1.29, 1.82) is 0 Å². The lowest BCUT2D eigenvalue weighted by Gasteiger charge is -2.10. The van der Waals surface area contributed by atoms with Crippen LogP contribution in [-0.4, -0.2) is 9.38 Å². The summed E-state index contributed by atoms with van der Waals surface area (Å²) in [5, 5.41) is 6.39. The Morgan fingerprint density at radius 1 is 0.607 bits per heavy atom. The number of benzene rings is 4. The molecule has 3 aromatic heterocycles. The molecule has 7 rings (SSSR count). The highest BCUT2D eigenvalue weighted by atomic mass is 32.1. The van der Waals surface area contributed by atoms with Gasteiger partial charge >= 0.3 is 0 Å². The molecule has 3 heteroatoms. The number of hydrogen-bond acceptors (Lipinski definition) is 2. The summed E-state index contributed by atoms with van der Waals surface area (Å²) in [6.07, 6.45) is 0. The van der Waals surface area contributed by atoms with Gasteiger partial charge in [0.25, 0.3) is 0 Å². The zero-order valence-corrected chi connectivity index (χ0v) is 15.7. The zero-order valence-electron chi connectivity index (χ0n) is 14.9. The minimum Gasteiger partial charge on any atom is -0.291 e. The molecule has 0 fully saturated rings. The van der Waals surface area contributed by atoms with Gasteiger partial charge in [0.15, 0.2) is 0 Å². The Morgan fingerprint density at radius 2 is 1.36 bits per heavy atom. The second-order valence-corrected chi connectivity index (χ2v) is 8.32. The van der Waals surface area contributed by atoms with E-state index in [9.17, 15) is 0 Å². The molecule has 0 saturated carbocycles. The average Bonchev–Trinajstić information content (AvgIpc) is 3.32. The van der Waals surface area contributed by atoms with Gasteiger partial charge in [-0.05, 0) is 29.7 Å². The molecule has 0 unspecified atom stereocenters. The van der Waals surface area contributed by atoms with Gasteiger partial charge in [-0.25, -0.2) is 4.98 Å². The smallest absolute Gasteiger partial charge is 0.146 e. The first-order valence-corrected chi connectivity index (χ1v) is 10.2. The molecular weight excluding hydrogens is 360 g/mol. The number of pyridine rings is 1. The van der Waals surface area contributed by atoms with E-state index in [1.807, 2.05) is 11.3 Å². The molecule has 0 bridgehead atoms. The van der Waals surface area contributed by atoms with Crippen molar-refractivity contribution in [2.75, 3.05) is 0 Å². The van der Waals surface area contributed by atoms with Gasteiger partial charge in [-0.3, -0.25) is 4.40 Å². The number of para-hydroxylation sites is 2. The maximum absolute atomic E-state index is 5.03. The topological polar surface area (TPSA) is 17.3 Å². The van der Waals surface area contributed by atoms with E-state index in [0.717, 1.165) is 16.7 Å². The van der Waals surface area contributed by atoms with Crippen LogP contribution in [0, 0.1) is 0 Å². The molecule has 0 aliphatic rings. The highest BCUT2D eigenvalue weighted by Crippen LogP contribution is 2.41. The van der Waals surface area contributed by atoms with Crippen molar-refractivity contribution in [3.8, 4) is 0 Å². The Balaban J connectivity index is 1.94. The third kappa shape index (κ3) is 1.70. The molecule has 2 nitrogen and oxygen atoms in total. The summed E-state index contributed by atoms with van der Waals surface area (Å²) in [4.78, 5) is 5.03. The van der Waals surface area contributed by atoms with Gasteiger partial charge < -0.3 is 0 Å². The number of thiophene rings is 1. The van der Waals surface area contributed by atoms with Crippen molar-refractivity contribution in [2.45, 2.75) is 0 Å². The Morgan fingerprint density at radius 3 is 2.29 bits per heavy atom. The van der Waals surface area contributed by atoms with E-state index in [0.29, 0.717) is 0 Å². The lowest BCUT2D eigenvalue weighted by molar-refractivity contribution is 1.33. The molecular formula is C25H14N2S. The molecule has 0 radical (unpaired) electrons. The molecule has 3 heterocycles. The number of hydrogen-bond donors (Lipinski definition) is 0. The van der Waals surface area contributed by atoms with Crippen LogP contribution in [-0.2, 0) is 0 Å². The van der Waals surface area contributed by atoms with E-state index in [-0.39, 0.29) is 0 Å². The fourth-order valence-corrected chi connectivity index (χ4v) is 5.70.